The molecule has 0 aliphatic rings. The molecule has 0 bridgehead atoms. The van der Waals surface area contributed by atoms with Gasteiger partial charge in [-0.1, -0.05) is 47.5 Å². The van der Waals surface area contributed by atoms with Crippen molar-refractivity contribution in [3.05, 3.63) is 58.6 Å². The van der Waals surface area contributed by atoms with Crippen LogP contribution in [0.15, 0.2) is 48.5 Å². The topological polar surface area (TPSA) is 38.3 Å². The Bertz CT molecular complexity index is 538. The summed E-state index contributed by atoms with van der Waals surface area (Å²) < 4.78 is 5.07. The van der Waals surface area contributed by atoms with E-state index in [0.29, 0.717) is 5.69 Å². The average molecular weight is 282 g/mol. The van der Waals surface area contributed by atoms with E-state index in [1.54, 1.807) is 42.5 Å². The van der Waals surface area contributed by atoms with Crippen molar-refractivity contribution in [2.75, 3.05) is 5.32 Å². The molecule has 0 aromatic heterocycles. The van der Waals surface area contributed by atoms with E-state index in [-0.39, 0.29) is 15.8 Å². The molecular formula is C13H9Cl2NO2. The van der Waals surface area contributed by atoms with Crippen LogP contribution in [0.2, 0.25) is 10.0 Å². The molecule has 0 radical (unpaired) electrons. The molecule has 2 aromatic rings. The van der Waals surface area contributed by atoms with Gasteiger partial charge in [-0.25, -0.2) is 4.79 Å². The zero-order valence-corrected chi connectivity index (χ0v) is 10.7. The number of nitrogens with one attached hydrogen (secondary N) is 1. The van der Waals surface area contributed by atoms with Gasteiger partial charge >= 0.3 is 6.09 Å². The van der Waals surface area contributed by atoms with E-state index in [9.17, 15) is 4.79 Å². The molecule has 0 spiro atoms. The quantitative estimate of drug-likeness (QED) is 0.873. The molecule has 0 aliphatic carbocycles. The highest BCUT2D eigenvalue weighted by Gasteiger charge is 2.11. The molecule has 92 valence electrons. The number of rotatable bonds is 2. The highest BCUT2D eigenvalue weighted by molar-refractivity contribution is 6.37. The van der Waals surface area contributed by atoms with Gasteiger partial charge in [-0.3, -0.25) is 5.32 Å². The number of ether oxygens (including phenoxy) is 1. The van der Waals surface area contributed by atoms with Gasteiger partial charge in [-0.05, 0) is 24.3 Å². The predicted molar refractivity (Wildman–Crippen MR) is 72.6 cm³/mol. The molecule has 3 nitrogen and oxygen atoms in total. The van der Waals surface area contributed by atoms with Gasteiger partial charge in [0.2, 0.25) is 0 Å². The van der Waals surface area contributed by atoms with E-state index < -0.39 is 6.09 Å². The van der Waals surface area contributed by atoms with Crippen LogP contribution in [0.5, 0.6) is 5.75 Å². The highest BCUT2D eigenvalue weighted by atomic mass is 35.5. The molecule has 18 heavy (non-hydrogen) atoms. The Morgan fingerprint density at radius 3 is 2.17 bits per heavy atom. The Balaban J connectivity index is 2.08. The van der Waals surface area contributed by atoms with Crippen LogP contribution >= 0.6 is 23.2 Å². The molecule has 0 fully saturated rings. The Morgan fingerprint density at radius 2 is 1.56 bits per heavy atom. The third-order valence-corrected chi connectivity index (χ3v) is 2.73. The molecular weight excluding hydrogens is 273 g/mol. The van der Waals surface area contributed by atoms with Crippen LogP contribution in [-0.2, 0) is 0 Å². The molecule has 0 heterocycles. The normalized spacial score (nSPS) is 9.89. The van der Waals surface area contributed by atoms with Crippen LogP contribution < -0.4 is 10.1 Å². The fourth-order valence-electron chi connectivity index (χ4n) is 1.34. The van der Waals surface area contributed by atoms with Crippen molar-refractivity contribution in [1.82, 2.24) is 0 Å². The summed E-state index contributed by atoms with van der Waals surface area (Å²) in [7, 11) is 0. The number of carbonyl (C=O) groups excluding carboxylic acids is 1. The molecule has 0 atom stereocenters. The van der Waals surface area contributed by atoms with Crippen molar-refractivity contribution in [1.29, 1.82) is 0 Å². The standard InChI is InChI=1S/C13H9Cl2NO2/c14-10-7-4-8-11(15)12(10)18-13(17)16-9-5-2-1-3-6-9/h1-8H,(H,16,17). The fraction of sp³-hybridized carbons (Fsp3) is 0. The van der Waals surface area contributed by atoms with E-state index in [1.165, 1.54) is 0 Å². The second kappa shape index (κ2) is 5.76. The van der Waals surface area contributed by atoms with Crippen LogP contribution in [-0.4, -0.2) is 6.09 Å². The third-order valence-electron chi connectivity index (χ3n) is 2.13. The van der Waals surface area contributed by atoms with Crippen molar-refractivity contribution < 1.29 is 9.53 Å². The van der Waals surface area contributed by atoms with Gasteiger partial charge in [0.15, 0.2) is 5.75 Å². The minimum Gasteiger partial charge on any atom is -0.407 e. The first-order valence-corrected chi connectivity index (χ1v) is 5.90. The lowest BCUT2D eigenvalue weighted by Crippen LogP contribution is -2.17. The molecule has 2 rings (SSSR count). The number of amides is 1. The predicted octanol–water partition coefficient (Wildman–Crippen LogP) is 4.60. The van der Waals surface area contributed by atoms with E-state index >= 15 is 0 Å². The van der Waals surface area contributed by atoms with Gasteiger partial charge in [0.1, 0.15) is 0 Å². The summed E-state index contributed by atoms with van der Waals surface area (Å²) in [5.74, 6) is 0.147. The molecule has 0 unspecified atom stereocenters. The summed E-state index contributed by atoms with van der Waals surface area (Å²) in [6.07, 6.45) is -0.642. The lowest BCUT2D eigenvalue weighted by atomic mass is 10.3. The lowest BCUT2D eigenvalue weighted by molar-refractivity contribution is 0.215. The van der Waals surface area contributed by atoms with Crippen molar-refractivity contribution in [2.45, 2.75) is 0 Å². The smallest absolute Gasteiger partial charge is 0.407 e. The molecule has 1 amide bonds. The summed E-state index contributed by atoms with van der Waals surface area (Å²) >= 11 is 11.8. The van der Waals surface area contributed by atoms with Gasteiger partial charge in [-0.15, -0.1) is 0 Å². The Morgan fingerprint density at radius 1 is 0.944 bits per heavy atom. The summed E-state index contributed by atoms with van der Waals surface area (Å²) in [6.45, 7) is 0. The maximum Gasteiger partial charge on any atom is 0.417 e. The number of benzene rings is 2. The number of halogens is 2. The number of hydrogen-bond acceptors (Lipinski definition) is 2. The SMILES string of the molecule is O=C(Nc1ccccc1)Oc1c(Cl)cccc1Cl. The van der Waals surface area contributed by atoms with Crippen LogP contribution in [0.1, 0.15) is 0 Å². The van der Waals surface area contributed by atoms with Gasteiger partial charge in [0.05, 0.1) is 10.0 Å². The molecule has 2 aromatic carbocycles. The number of carbonyl (C=O) groups is 1. The first kappa shape index (κ1) is 12.7. The fourth-order valence-corrected chi connectivity index (χ4v) is 1.81. The second-order valence-electron chi connectivity index (χ2n) is 3.43. The summed E-state index contributed by atoms with van der Waals surface area (Å²) in [5, 5.41) is 3.13. The maximum atomic E-state index is 11.6. The van der Waals surface area contributed by atoms with Crippen LogP contribution in [0.25, 0.3) is 0 Å². The van der Waals surface area contributed by atoms with Crippen LogP contribution in [0.4, 0.5) is 10.5 Å². The third kappa shape index (κ3) is 3.15. The highest BCUT2D eigenvalue weighted by Crippen LogP contribution is 2.32. The Hall–Kier alpha value is -1.71. The summed E-state index contributed by atoms with van der Waals surface area (Å²) in [6, 6.07) is 13.8. The van der Waals surface area contributed by atoms with E-state index in [1.807, 2.05) is 6.07 Å². The van der Waals surface area contributed by atoms with E-state index in [4.69, 9.17) is 27.9 Å². The van der Waals surface area contributed by atoms with Crippen LogP contribution in [0, 0.1) is 0 Å². The number of anilines is 1. The molecule has 1 N–H and O–H groups in total. The van der Waals surface area contributed by atoms with Gasteiger partial charge in [-0.2, -0.15) is 0 Å². The largest absolute Gasteiger partial charge is 0.417 e. The van der Waals surface area contributed by atoms with E-state index in [2.05, 4.69) is 5.32 Å². The molecule has 0 aliphatic heterocycles. The Kier molecular flexibility index (Phi) is 4.07. The lowest BCUT2D eigenvalue weighted by Gasteiger charge is -2.09. The van der Waals surface area contributed by atoms with Crippen molar-refractivity contribution in [2.24, 2.45) is 0 Å². The van der Waals surface area contributed by atoms with Gasteiger partial charge in [0, 0.05) is 5.69 Å². The van der Waals surface area contributed by atoms with E-state index in [0.717, 1.165) is 0 Å². The maximum absolute atomic E-state index is 11.6. The minimum atomic E-state index is -0.642. The first-order valence-electron chi connectivity index (χ1n) is 5.15. The van der Waals surface area contributed by atoms with Crippen molar-refractivity contribution in [3.63, 3.8) is 0 Å². The Labute approximate surface area is 114 Å². The number of para-hydroxylation sites is 2. The molecule has 5 heteroatoms. The van der Waals surface area contributed by atoms with Crippen molar-refractivity contribution in [3.8, 4) is 5.75 Å². The zero-order chi connectivity index (χ0) is 13.0. The zero-order valence-electron chi connectivity index (χ0n) is 9.19. The average Bonchev–Trinajstić information content (AvgIpc) is 2.35. The van der Waals surface area contributed by atoms with Gasteiger partial charge < -0.3 is 4.74 Å². The van der Waals surface area contributed by atoms with Crippen molar-refractivity contribution >= 4 is 35.0 Å². The molecule has 0 saturated heterocycles. The van der Waals surface area contributed by atoms with Crippen LogP contribution in [0.3, 0.4) is 0 Å². The minimum absolute atomic E-state index is 0.147. The molecule has 0 saturated carbocycles. The summed E-state index contributed by atoms with van der Waals surface area (Å²) in [4.78, 5) is 11.6. The monoisotopic (exact) mass is 281 g/mol. The summed E-state index contributed by atoms with van der Waals surface area (Å²) in [5.41, 5.74) is 0.630. The first-order chi connectivity index (χ1) is 8.66. The van der Waals surface area contributed by atoms with Gasteiger partial charge in [0.25, 0.3) is 0 Å². The number of hydrogen-bond donors (Lipinski definition) is 1. The second-order valence-corrected chi connectivity index (χ2v) is 4.25.